The van der Waals surface area contributed by atoms with Crippen molar-refractivity contribution in [3.05, 3.63) is 70.8 Å². The first-order valence-corrected chi connectivity index (χ1v) is 15.5. The number of alkyl halides is 6. The minimum Gasteiger partial charge on any atom is -0.427 e. The molecule has 15 heteroatoms. The fourth-order valence-corrected chi connectivity index (χ4v) is 6.09. The molecule has 264 valence electrons. The molecule has 48 heavy (non-hydrogen) atoms. The molecule has 2 amide bonds. The van der Waals surface area contributed by atoms with Crippen molar-refractivity contribution in [3.8, 4) is 0 Å². The van der Waals surface area contributed by atoms with E-state index in [-0.39, 0.29) is 49.4 Å². The zero-order valence-corrected chi connectivity index (χ0v) is 26.7. The van der Waals surface area contributed by atoms with E-state index < -0.39 is 65.6 Å². The predicted molar refractivity (Wildman–Crippen MR) is 160 cm³/mol. The van der Waals surface area contributed by atoms with E-state index in [9.17, 15) is 40.7 Å². The average molecular weight is 688 g/mol. The van der Waals surface area contributed by atoms with E-state index in [1.54, 1.807) is 37.3 Å². The van der Waals surface area contributed by atoms with Crippen molar-refractivity contribution >= 4 is 18.0 Å². The largest absolute Gasteiger partial charge is 0.427 e. The molecule has 2 aliphatic heterocycles. The molecule has 0 bridgehead atoms. The van der Waals surface area contributed by atoms with Crippen LogP contribution < -0.4 is 11.1 Å². The molecular weight excluding hydrogens is 648 g/mol. The molecule has 0 saturated carbocycles. The second-order valence-corrected chi connectivity index (χ2v) is 12.5. The number of esters is 1. The van der Waals surface area contributed by atoms with Crippen LogP contribution >= 0.6 is 0 Å². The van der Waals surface area contributed by atoms with Crippen molar-refractivity contribution in [2.45, 2.75) is 88.5 Å². The van der Waals surface area contributed by atoms with Crippen LogP contribution in [0, 0.1) is 5.92 Å². The number of nitrogens with two attached hydrogens (primary N) is 1. The highest BCUT2D eigenvalue weighted by Crippen LogP contribution is 2.45. The van der Waals surface area contributed by atoms with Gasteiger partial charge >= 0.3 is 24.4 Å². The molecule has 3 N–H and O–H groups in total. The number of likely N-dealkylation sites (tertiary alicyclic amines) is 1. The Morgan fingerprint density at radius 3 is 2.12 bits per heavy atom. The monoisotopic (exact) mass is 687 g/mol. The Balaban J connectivity index is 1.67. The van der Waals surface area contributed by atoms with Crippen molar-refractivity contribution in [1.29, 1.82) is 0 Å². The van der Waals surface area contributed by atoms with Crippen LogP contribution in [0.5, 0.6) is 0 Å². The number of piperidine rings is 1. The molecule has 9 nitrogen and oxygen atoms in total. The van der Waals surface area contributed by atoms with Gasteiger partial charge in [0.15, 0.2) is 0 Å². The number of carbonyl (C=O) groups is 3. The zero-order chi connectivity index (χ0) is 35.5. The Labute approximate surface area is 274 Å². The summed E-state index contributed by atoms with van der Waals surface area (Å²) in [5.74, 6) is -1.19. The number of ether oxygens (including phenoxy) is 3. The van der Waals surface area contributed by atoms with Gasteiger partial charge in [0, 0.05) is 13.0 Å². The number of benzene rings is 2. The first kappa shape index (κ1) is 37.0. The molecule has 2 aromatic rings. The summed E-state index contributed by atoms with van der Waals surface area (Å²) < 4.78 is 98.1. The van der Waals surface area contributed by atoms with Crippen LogP contribution in [0.1, 0.15) is 81.2 Å². The molecule has 2 fully saturated rings. The van der Waals surface area contributed by atoms with Gasteiger partial charge in [-0.2, -0.15) is 26.3 Å². The van der Waals surface area contributed by atoms with E-state index in [0.717, 1.165) is 0 Å². The van der Waals surface area contributed by atoms with Gasteiger partial charge < -0.3 is 25.3 Å². The van der Waals surface area contributed by atoms with E-state index in [1.165, 1.54) is 11.8 Å². The second-order valence-electron chi connectivity index (χ2n) is 12.5. The van der Waals surface area contributed by atoms with Gasteiger partial charge in [-0.3, -0.25) is 14.5 Å². The van der Waals surface area contributed by atoms with Crippen LogP contribution in [0.15, 0.2) is 48.5 Å². The van der Waals surface area contributed by atoms with Crippen LogP contribution in [-0.2, 0) is 41.7 Å². The summed E-state index contributed by atoms with van der Waals surface area (Å²) in [5, 5.41) is 2.94. The highest BCUT2D eigenvalue weighted by Gasteiger charge is 2.54. The minimum absolute atomic E-state index is 0.0402. The Hall–Kier alpha value is -3.85. The molecule has 2 unspecified atom stereocenters. The van der Waals surface area contributed by atoms with Gasteiger partial charge in [-0.15, -0.1) is 0 Å². The molecule has 2 aliphatic rings. The van der Waals surface area contributed by atoms with E-state index in [4.69, 9.17) is 19.9 Å². The average Bonchev–Trinajstić information content (AvgIpc) is 3.41. The number of amides is 2. The summed E-state index contributed by atoms with van der Waals surface area (Å²) in [6.45, 7) is 3.72. The summed E-state index contributed by atoms with van der Waals surface area (Å²) in [6.07, 6.45) is -10.6. The van der Waals surface area contributed by atoms with Crippen molar-refractivity contribution in [2.24, 2.45) is 11.7 Å². The van der Waals surface area contributed by atoms with E-state index in [0.29, 0.717) is 37.0 Å². The van der Waals surface area contributed by atoms with Crippen LogP contribution in [0.4, 0.5) is 31.1 Å². The highest BCUT2D eigenvalue weighted by molar-refractivity contribution is 5.80. The predicted octanol–water partition coefficient (Wildman–Crippen LogP) is 6.45. The summed E-state index contributed by atoms with van der Waals surface area (Å²) in [6, 6.07) is 8.83. The quantitative estimate of drug-likeness (QED) is 0.167. The molecule has 0 aromatic heterocycles. The smallest absolute Gasteiger partial charge is 0.416 e. The van der Waals surface area contributed by atoms with Crippen molar-refractivity contribution in [3.63, 3.8) is 0 Å². The molecule has 2 aromatic carbocycles. The van der Waals surface area contributed by atoms with Crippen LogP contribution in [0.3, 0.4) is 0 Å². The first-order chi connectivity index (χ1) is 22.4. The highest BCUT2D eigenvalue weighted by atomic mass is 19.4. The third kappa shape index (κ3) is 8.23. The molecular formula is C33H39F6N3O6. The topological polar surface area (TPSA) is 120 Å². The molecule has 0 aliphatic carbocycles. The number of halogens is 6. The molecule has 5 atom stereocenters. The third-order valence-electron chi connectivity index (χ3n) is 9.33. The number of hydrogen-bond donors (Lipinski definition) is 2. The second kappa shape index (κ2) is 14.3. The van der Waals surface area contributed by atoms with Gasteiger partial charge in [0.05, 0.1) is 34.9 Å². The molecule has 2 heterocycles. The van der Waals surface area contributed by atoms with Gasteiger partial charge in [0.25, 0.3) is 0 Å². The van der Waals surface area contributed by atoms with Crippen molar-refractivity contribution in [2.75, 3.05) is 19.9 Å². The molecule has 2 saturated heterocycles. The van der Waals surface area contributed by atoms with Crippen molar-refractivity contribution in [1.82, 2.24) is 10.2 Å². The summed E-state index contributed by atoms with van der Waals surface area (Å²) in [5.41, 5.74) is 0.961. The van der Waals surface area contributed by atoms with E-state index >= 15 is 0 Å². The van der Waals surface area contributed by atoms with Crippen LogP contribution in [0.2, 0.25) is 0 Å². The van der Waals surface area contributed by atoms with Gasteiger partial charge in [-0.05, 0) is 61.4 Å². The Morgan fingerprint density at radius 2 is 1.58 bits per heavy atom. The minimum atomic E-state index is -5.05. The van der Waals surface area contributed by atoms with Gasteiger partial charge in [0.2, 0.25) is 12.7 Å². The maximum atomic E-state index is 13.8. The standard InChI is InChI=1S/C33H39F6N3O6/c1-4-20(2)27(40)28(44)47-19-48-29(45)42-17-30(11-10-26(43)41-30)12-13-31(42,23-8-6-5-7-9-23)18-46-21(3)22-14-24(32(34,35)36)16-25(15-22)33(37,38)39/h5-9,14-16,20-21,27H,4,10-13,17-19,40H2,1-3H3,(H,41,43)/t20?,21-,27?,30-,31-/m1/s1. The fraction of sp³-hybridized carbons (Fsp3) is 0.545. The number of nitrogens with zero attached hydrogens (tertiary/aromatic N) is 1. The van der Waals surface area contributed by atoms with Gasteiger partial charge in [0.1, 0.15) is 6.04 Å². The molecule has 1 spiro atoms. The van der Waals surface area contributed by atoms with E-state index in [2.05, 4.69) is 5.32 Å². The fourth-order valence-electron chi connectivity index (χ4n) is 6.09. The molecule has 0 radical (unpaired) electrons. The number of hydrogen-bond acceptors (Lipinski definition) is 7. The zero-order valence-electron chi connectivity index (χ0n) is 26.7. The lowest BCUT2D eigenvalue weighted by molar-refractivity contribution is -0.157. The maximum absolute atomic E-state index is 13.8. The summed E-state index contributed by atoms with van der Waals surface area (Å²) >= 11 is 0. The Bertz CT molecular complexity index is 1440. The summed E-state index contributed by atoms with van der Waals surface area (Å²) in [7, 11) is 0. The molecule has 4 rings (SSSR count). The SMILES string of the molecule is CCC(C)C(N)C(=O)OCOC(=O)N1C[C@@]2(CCC(=O)N2)CC[C@@]1(CO[C@H](C)c1cc(C(F)(F)F)cc(C(F)(F)F)c1)c1ccccc1. The van der Waals surface area contributed by atoms with Crippen molar-refractivity contribution < 1.29 is 54.9 Å². The number of rotatable bonds is 10. The number of carbonyl (C=O) groups excluding carboxylic acids is 3. The van der Waals surface area contributed by atoms with Gasteiger partial charge in [-0.25, -0.2) is 4.79 Å². The van der Waals surface area contributed by atoms with Gasteiger partial charge in [-0.1, -0.05) is 50.6 Å². The first-order valence-electron chi connectivity index (χ1n) is 15.5. The lowest BCUT2D eigenvalue weighted by Gasteiger charge is -2.52. The Morgan fingerprint density at radius 1 is 0.958 bits per heavy atom. The lowest BCUT2D eigenvalue weighted by Crippen LogP contribution is -2.65. The Kier molecular flexibility index (Phi) is 11.0. The maximum Gasteiger partial charge on any atom is 0.416 e. The normalized spacial score (nSPS) is 23.4. The summed E-state index contributed by atoms with van der Waals surface area (Å²) in [4.78, 5) is 39.9. The van der Waals surface area contributed by atoms with E-state index in [1.807, 2.05) is 6.92 Å². The third-order valence-corrected chi connectivity index (χ3v) is 9.33. The lowest BCUT2D eigenvalue weighted by atomic mass is 9.74. The van der Waals surface area contributed by atoms with Crippen LogP contribution in [-0.4, -0.2) is 54.4 Å². The number of nitrogens with one attached hydrogen (secondary N) is 1. The van der Waals surface area contributed by atoms with Crippen LogP contribution in [0.25, 0.3) is 0 Å².